The van der Waals surface area contributed by atoms with Crippen LogP contribution in [0, 0.1) is 0 Å². The Morgan fingerprint density at radius 2 is 1.69 bits per heavy atom. The van der Waals surface area contributed by atoms with E-state index in [1.165, 1.54) is 0 Å². The number of Topliss-reactive ketones (excluding diaryl/α,β-unsaturated/α-hetero) is 1. The summed E-state index contributed by atoms with van der Waals surface area (Å²) in [7, 11) is 0. The third-order valence-corrected chi connectivity index (χ3v) is 2.41. The molecule has 0 aliphatic heterocycles. The van der Waals surface area contributed by atoms with Crippen molar-refractivity contribution in [2.75, 3.05) is 0 Å². The first-order valence-corrected chi connectivity index (χ1v) is 4.97. The normalized spacial score (nSPS) is 10.2. The molecule has 80 valence electrons. The molecule has 0 spiro atoms. The molecule has 0 aromatic heterocycles. The van der Waals surface area contributed by atoms with Crippen LogP contribution in [-0.2, 0) is 4.79 Å². The average molecular weight is 213 g/mol. The summed E-state index contributed by atoms with van der Waals surface area (Å²) in [5.74, 6) is -0.837. The maximum absolute atomic E-state index is 11.6. The number of carbonyl (C=O) groups excluding carboxylic acids is 2. The molecule has 0 bridgehead atoms. The van der Waals surface area contributed by atoms with Gasteiger partial charge in [-0.25, -0.2) is 0 Å². The van der Waals surface area contributed by atoms with Crippen molar-refractivity contribution in [3.05, 3.63) is 48.0 Å². The van der Waals surface area contributed by atoms with Gasteiger partial charge in [0.05, 0.1) is 6.42 Å². The highest BCUT2D eigenvalue weighted by molar-refractivity contribution is 6.08. The number of hydrogen-bond donors (Lipinski definition) is 1. The number of nitrogens with two attached hydrogens (primary N) is 1. The van der Waals surface area contributed by atoms with Gasteiger partial charge in [-0.3, -0.25) is 9.59 Å². The summed E-state index contributed by atoms with van der Waals surface area (Å²) in [6.45, 7) is 0. The highest BCUT2D eigenvalue weighted by Crippen LogP contribution is 2.16. The number of benzene rings is 2. The molecule has 0 heterocycles. The SMILES string of the molecule is NC(=O)CC(=O)c1ccc2ccccc2c1. The highest BCUT2D eigenvalue weighted by atomic mass is 16.2. The average Bonchev–Trinajstić information content (AvgIpc) is 2.27. The van der Waals surface area contributed by atoms with Gasteiger partial charge in [-0.15, -0.1) is 0 Å². The van der Waals surface area contributed by atoms with E-state index in [0.29, 0.717) is 5.56 Å². The highest BCUT2D eigenvalue weighted by Gasteiger charge is 2.09. The second-order valence-corrected chi connectivity index (χ2v) is 3.63. The third kappa shape index (κ3) is 2.08. The minimum absolute atomic E-state index is 0.238. The van der Waals surface area contributed by atoms with Gasteiger partial charge in [0, 0.05) is 5.56 Å². The lowest BCUT2D eigenvalue weighted by Gasteiger charge is -2.01. The van der Waals surface area contributed by atoms with Crippen LogP contribution < -0.4 is 5.73 Å². The number of fused-ring (bicyclic) bond motifs is 1. The second kappa shape index (κ2) is 4.14. The van der Waals surface area contributed by atoms with Gasteiger partial charge >= 0.3 is 0 Å². The van der Waals surface area contributed by atoms with Gasteiger partial charge in [-0.05, 0) is 16.8 Å². The Morgan fingerprint density at radius 3 is 2.38 bits per heavy atom. The lowest BCUT2D eigenvalue weighted by atomic mass is 10.0. The zero-order valence-corrected chi connectivity index (χ0v) is 8.64. The van der Waals surface area contributed by atoms with Crippen molar-refractivity contribution in [2.45, 2.75) is 6.42 Å². The van der Waals surface area contributed by atoms with Crippen LogP contribution in [0.1, 0.15) is 16.8 Å². The van der Waals surface area contributed by atoms with Crippen LogP contribution in [0.15, 0.2) is 42.5 Å². The van der Waals surface area contributed by atoms with E-state index in [1.807, 2.05) is 30.3 Å². The molecule has 0 saturated heterocycles. The van der Waals surface area contributed by atoms with E-state index < -0.39 is 5.91 Å². The Morgan fingerprint density at radius 1 is 1.00 bits per heavy atom. The smallest absolute Gasteiger partial charge is 0.225 e. The summed E-state index contributed by atoms with van der Waals surface area (Å²) in [4.78, 5) is 22.2. The number of primary amides is 1. The Bertz CT molecular complexity index is 561. The number of hydrogen-bond acceptors (Lipinski definition) is 2. The lowest BCUT2D eigenvalue weighted by Crippen LogP contribution is -2.16. The zero-order valence-electron chi connectivity index (χ0n) is 8.64. The standard InChI is InChI=1S/C13H11NO2/c14-13(16)8-12(15)11-6-5-9-3-1-2-4-10(9)7-11/h1-7H,8H2,(H2,14,16). The predicted molar refractivity (Wildman–Crippen MR) is 62.1 cm³/mol. The monoisotopic (exact) mass is 213 g/mol. The van der Waals surface area contributed by atoms with Crippen LogP contribution in [0.25, 0.3) is 10.8 Å². The number of carbonyl (C=O) groups is 2. The van der Waals surface area contributed by atoms with Crippen LogP contribution in [0.2, 0.25) is 0 Å². The molecule has 3 heteroatoms. The van der Waals surface area contributed by atoms with Crippen molar-refractivity contribution in [3.63, 3.8) is 0 Å². The molecule has 0 saturated carbocycles. The van der Waals surface area contributed by atoms with Crippen molar-refractivity contribution < 1.29 is 9.59 Å². The van der Waals surface area contributed by atoms with Gasteiger partial charge in [-0.2, -0.15) is 0 Å². The van der Waals surface area contributed by atoms with Crippen LogP contribution in [0.5, 0.6) is 0 Å². The molecule has 2 aromatic rings. The van der Waals surface area contributed by atoms with Gasteiger partial charge in [0.2, 0.25) is 5.91 Å². The van der Waals surface area contributed by atoms with Crippen molar-refractivity contribution in [1.82, 2.24) is 0 Å². The quantitative estimate of drug-likeness (QED) is 0.625. The summed E-state index contributed by atoms with van der Waals surface area (Å²) in [6.07, 6.45) is -0.238. The van der Waals surface area contributed by atoms with E-state index in [1.54, 1.807) is 12.1 Å². The fourth-order valence-electron chi connectivity index (χ4n) is 1.62. The van der Waals surface area contributed by atoms with E-state index in [2.05, 4.69) is 0 Å². The fraction of sp³-hybridized carbons (Fsp3) is 0.0769. The van der Waals surface area contributed by atoms with Crippen molar-refractivity contribution in [3.8, 4) is 0 Å². The van der Waals surface area contributed by atoms with Gasteiger partial charge < -0.3 is 5.73 Å². The molecule has 2 rings (SSSR count). The van der Waals surface area contributed by atoms with Gasteiger partial charge in [0.1, 0.15) is 0 Å². The Kier molecular flexibility index (Phi) is 2.68. The summed E-state index contributed by atoms with van der Waals surface area (Å²) in [6, 6.07) is 13.1. The van der Waals surface area contributed by atoms with Crippen LogP contribution in [0.3, 0.4) is 0 Å². The first-order chi connectivity index (χ1) is 7.66. The Hall–Kier alpha value is -2.16. The molecular weight excluding hydrogens is 202 g/mol. The zero-order chi connectivity index (χ0) is 11.5. The van der Waals surface area contributed by atoms with Gasteiger partial charge in [0.15, 0.2) is 5.78 Å². The molecule has 0 atom stereocenters. The van der Waals surface area contributed by atoms with Crippen molar-refractivity contribution >= 4 is 22.5 Å². The van der Waals surface area contributed by atoms with Gasteiger partial charge in [-0.1, -0.05) is 36.4 Å². The summed E-state index contributed by atoms with van der Waals surface area (Å²) < 4.78 is 0. The van der Waals surface area contributed by atoms with Crippen molar-refractivity contribution in [2.24, 2.45) is 5.73 Å². The topological polar surface area (TPSA) is 60.2 Å². The molecular formula is C13H11NO2. The second-order valence-electron chi connectivity index (χ2n) is 3.63. The van der Waals surface area contributed by atoms with Crippen LogP contribution in [-0.4, -0.2) is 11.7 Å². The summed E-state index contributed by atoms with van der Waals surface area (Å²) >= 11 is 0. The number of amides is 1. The maximum atomic E-state index is 11.6. The fourth-order valence-corrected chi connectivity index (χ4v) is 1.62. The number of ketones is 1. The van der Waals surface area contributed by atoms with E-state index in [-0.39, 0.29) is 12.2 Å². The molecule has 0 aliphatic carbocycles. The minimum Gasteiger partial charge on any atom is -0.369 e. The third-order valence-electron chi connectivity index (χ3n) is 2.41. The van der Waals surface area contributed by atoms with Crippen LogP contribution in [0.4, 0.5) is 0 Å². The molecule has 16 heavy (non-hydrogen) atoms. The van der Waals surface area contributed by atoms with E-state index in [0.717, 1.165) is 10.8 Å². The molecule has 0 radical (unpaired) electrons. The molecule has 2 aromatic carbocycles. The molecule has 1 amide bonds. The largest absolute Gasteiger partial charge is 0.369 e. The number of rotatable bonds is 3. The molecule has 0 aliphatic rings. The van der Waals surface area contributed by atoms with Gasteiger partial charge in [0.25, 0.3) is 0 Å². The van der Waals surface area contributed by atoms with E-state index in [9.17, 15) is 9.59 Å². The lowest BCUT2D eigenvalue weighted by molar-refractivity contribution is -0.117. The Balaban J connectivity index is 2.39. The molecule has 2 N–H and O–H groups in total. The minimum atomic E-state index is -0.599. The Labute approximate surface area is 92.9 Å². The summed E-state index contributed by atoms with van der Waals surface area (Å²) in [5, 5.41) is 2.05. The maximum Gasteiger partial charge on any atom is 0.225 e. The first-order valence-electron chi connectivity index (χ1n) is 4.97. The molecule has 0 unspecified atom stereocenters. The summed E-state index contributed by atoms with van der Waals surface area (Å²) in [5.41, 5.74) is 5.51. The van der Waals surface area contributed by atoms with Crippen LogP contribution >= 0.6 is 0 Å². The van der Waals surface area contributed by atoms with Crippen molar-refractivity contribution in [1.29, 1.82) is 0 Å². The molecule has 0 fully saturated rings. The van der Waals surface area contributed by atoms with E-state index >= 15 is 0 Å². The van der Waals surface area contributed by atoms with E-state index in [4.69, 9.17) is 5.73 Å². The molecule has 3 nitrogen and oxygen atoms in total. The first kappa shape index (κ1) is 10.4. The predicted octanol–water partition coefficient (Wildman–Crippen LogP) is 1.90.